The van der Waals surface area contributed by atoms with E-state index in [1.54, 1.807) is 12.1 Å². The number of nitrogen functional groups attached to an aromatic ring is 1. The maximum absolute atomic E-state index is 13.9. The first kappa shape index (κ1) is 21.5. The summed E-state index contributed by atoms with van der Waals surface area (Å²) in [4.78, 5) is 13.6. The molecule has 3 N–H and O–H groups in total. The molecule has 0 bridgehead atoms. The average Bonchev–Trinajstić information content (AvgIpc) is 2.62. The van der Waals surface area contributed by atoms with E-state index >= 15 is 0 Å². The van der Waals surface area contributed by atoms with E-state index < -0.39 is 12.1 Å². The summed E-state index contributed by atoms with van der Waals surface area (Å²) in [7, 11) is 2.14. The number of benzene rings is 2. The Hall–Kier alpha value is -2.81. The molecule has 2 aromatic carbocycles. The Morgan fingerprint density at radius 2 is 1.57 bits per heavy atom. The largest absolute Gasteiger partial charge is 0.490 e. The number of halogens is 4. The maximum Gasteiger partial charge on any atom is 0.490 e. The summed E-state index contributed by atoms with van der Waals surface area (Å²) in [5.74, 6) is -3.03. The van der Waals surface area contributed by atoms with Crippen molar-refractivity contribution in [2.75, 3.05) is 43.9 Å². The second-order valence-corrected chi connectivity index (χ2v) is 6.38. The van der Waals surface area contributed by atoms with Crippen LogP contribution in [0.1, 0.15) is 0 Å². The number of carboxylic acid groups (broad SMARTS) is 1. The lowest BCUT2D eigenvalue weighted by atomic mass is 10.0. The number of hydrogen-bond acceptors (Lipinski definition) is 4. The van der Waals surface area contributed by atoms with Crippen LogP contribution in [0.3, 0.4) is 0 Å². The molecule has 3 rings (SSSR count). The van der Waals surface area contributed by atoms with E-state index in [0.29, 0.717) is 11.3 Å². The molecule has 2 aromatic rings. The van der Waals surface area contributed by atoms with Crippen molar-refractivity contribution in [1.82, 2.24) is 4.90 Å². The molecular formula is C19H21F4N3O2. The molecule has 0 radical (unpaired) electrons. The Balaban J connectivity index is 0.000000345. The molecule has 1 heterocycles. The third-order valence-corrected chi connectivity index (χ3v) is 4.28. The van der Waals surface area contributed by atoms with Crippen LogP contribution in [0.5, 0.6) is 0 Å². The Morgan fingerprint density at radius 3 is 2.04 bits per heavy atom. The van der Waals surface area contributed by atoms with Gasteiger partial charge in [-0.25, -0.2) is 9.18 Å². The van der Waals surface area contributed by atoms with Gasteiger partial charge in [-0.2, -0.15) is 13.2 Å². The molecule has 0 unspecified atom stereocenters. The van der Waals surface area contributed by atoms with Crippen molar-refractivity contribution in [2.45, 2.75) is 6.18 Å². The number of alkyl halides is 3. The van der Waals surface area contributed by atoms with E-state index in [0.717, 1.165) is 31.7 Å². The zero-order valence-electron chi connectivity index (χ0n) is 15.2. The maximum atomic E-state index is 13.9. The number of aliphatic carboxylic acids is 1. The lowest BCUT2D eigenvalue weighted by Crippen LogP contribution is -2.44. The smallest absolute Gasteiger partial charge is 0.475 e. The highest BCUT2D eigenvalue weighted by atomic mass is 19.4. The van der Waals surface area contributed by atoms with Gasteiger partial charge in [-0.3, -0.25) is 0 Å². The molecule has 0 atom stereocenters. The summed E-state index contributed by atoms with van der Waals surface area (Å²) in [6.45, 7) is 4.22. The van der Waals surface area contributed by atoms with E-state index in [9.17, 15) is 17.6 Å². The third-order valence-electron chi connectivity index (χ3n) is 4.28. The molecule has 1 aliphatic heterocycles. The van der Waals surface area contributed by atoms with Crippen LogP contribution in [0.2, 0.25) is 0 Å². The second kappa shape index (κ2) is 8.92. The van der Waals surface area contributed by atoms with Crippen molar-refractivity contribution in [3.63, 3.8) is 0 Å². The van der Waals surface area contributed by atoms with Crippen LogP contribution < -0.4 is 10.6 Å². The first-order valence-electron chi connectivity index (χ1n) is 8.47. The first-order chi connectivity index (χ1) is 13.1. The second-order valence-electron chi connectivity index (χ2n) is 6.38. The van der Waals surface area contributed by atoms with Crippen LogP contribution in [-0.2, 0) is 4.79 Å². The van der Waals surface area contributed by atoms with Crippen LogP contribution in [0, 0.1) is 5.82 Å². The number of piperazine rings is 1. The number of carbonyl (C=O) groups is 1. The minimum atomic E-state index is -5.08. The van der Waals surface area contributed by atoms with Gasteiger partial charge in [0.05, 0.1) is 0 Å². The van der Waals surface area contributed by atoms with Crippen molar-refractivity contribution in [1.29, 1.82) is 0 Å². The summed E-state index contributed by atoms with van der Waals surface area (Å²) in [6, 6.07) is 12.9. The number of rotatable bonds is 2. The predicted molar refractivity (Wildman–Crippen MR) is 99.6 cm³/mol. The van der Waals surface area contributed by atoms with Crippen molar-refractivity contribution in [3.05, 3.63) is 48.3 Å². The molecule has 0 aliphatic carbocycles. The molecule has 1 fully saturated rings. The minimum absolute atomic E-state index is 0.276. The molecule has 152 valence electrons. The van der Waals surface area contributed by atoms with E-state index in [1.165, 1.54) is 11.8 Å². The highest BCUT2D eigenvalue weighted by Crippen LogP contribution is 2.27. The monoisotopic (exact) mass is 399 g/mol. The van der Waals surface area contributed by atoms with E-state index in [4.69, 9.17) is 15.6 Å². The lowest BCUT2D eigenvalue weighted by molar-refractivity contribution is -0.192. The zero-order chi connectivity index (χ0) is 20.9. The fraction of sp³-hybridized carbons (Fsp3) is 0.316. The molecule has 5 nitrogen and oxygen atoms in total. The van der Waals surface area contributed by atoms with Gasteiger partial charge < -0.3 is 20.6 Å². The van der Waals surface area contributed by atoms with Gasteiger partial charge >= 0.3 is 12.1 Å². The molecule has 0 saturated carbocycles. The van der Waals surface area contributed by atoms with Crippen molar-refractivity contribution in [3.8, 4) is 11.1 Å². The Bertz CT molecular complexity index is 802. The fourth-order valence-corrected chi connectivity index (χ4v) is 2.68. The Labute approximate surface area is 160 Å². The summed E-state index contributed by atoms with van der Waals surface area (Å²) in [6.07, 6.45) is -5.08. The SMILES string of the molecule is CN1CCN(c2ccc(-c3ccc(N)cc3F)cc2)CC1.O=C(O)C(F)(F)F. The first-order valence-corrected chi connectivity index (χ1v) is 8.47. The van der Waals surface area contributed by atoms with Crippen LogP contribution in [0.25, 0.3) is 11.1 Å². The van der Waals surface area contributed by atoms with Crippen LogP contribution in [0.15, 0.2) is 42.5 Å². The van der Waals surface area contributed by atoms with Crippen LogP contribution in [0.4, 0.5) is 28.9 Å². The molecule has 0 spiro atoms. The van der Waals surface area contributed by atoms with Crippen LogP contribution in [-0.4, -0.2) is 55.4 Å². The number of nitrogens with two attached hydrogens (primary N) is 1. The number of carboxylic acids is 1. The van der Waals surface area contributed by atoms with Crippen LogP contribution >= 0.6 is 0 Å². The molecular weight excluding hydrogens is 378 g/mol. The van der Waals surface area contributed by atoms with Crippen molar-refractivity contribution < 1.29 is 27.5 Å². The van der Waals surface area contributed by atoms with Gasteiger partial charge in [0, 0.05) is 43.1 Å². The lowest BCUT2D eigenvalue weighted by Gasteiger charge is -2.34. The standard InChI is InChI=1S/C17H20FN3.C2HF3O2/c1-20-8-10-21(11-9-20)15-5-2-13(3-6-15)16-7-4-14(19)12-17(16)18;3-2(4,5)1(6)7/h2-7,12H,8-11,19H2,1H3;(H,6,7). The molecule has 1 aliphatic rings. The fourth-order valence-electron chi connectivity index (χ4n) is 2.68. The zero-order valence-corrected chi connectivity index (χ0v) is 15.2. The quantitative estimate of drug-likeness (QED) is 0.598. The average molecular weight is 399 g/mol. The van der Waals surface area contributed by atoms with Crippen molar-refractivity contribution >= 4 is 17.3 Å². The molecule has 0 amide bonds. The van der Waals surface area contributed by atoms with E-state index in [2.05, 4.69) is 29.0 Å². The van der Waals surface area contributed by atoms with Crippen molar-refractivity contribution in [2.24, 2.45) is 0 Å². The van der Waals surface area contributed by atoms with Gasteiger partial charge in [0.1, 0.15) is 5.82 Å². The molecule has 1 saturated heterocycles. The van der Waals surface area contributed by atoms with Gasteiger partial charge in [-0.05, 0) is 42.9 Å². The highest BCUT2D eigenvalue weighted by Gasteiger charge is 2.38. The molecule has 28 heavy (non-hydrogen) atoms. The number of nitrogens with zero attached hydrogens (tertiary/aromatic N) is 2. The van der Waals surface area contributed by atoms with E-state index in [1.807, 2.05) is 12.1 Å². The number of likely N-dealkylation sites (N-methyl/N-ethyl adjacent to an activating group) is 1. The van der Waals surface area contributed by atoms with Gasteiger partial charge in [-0.15, -0.1) is 0 Å². The topological polar surface area (TPSA) is 69.8 Å². The molecule has 0 aromatic heterocycles. The predicted octanol–water partition coefficient (Wildman–Crippen LogP) is 3.46. The Kier molecular flexibility index (Phi) is 6.85. The summed E-state index contributed by atoms with van der Waals surface area (Å²) >= 11 is 0. The summed E-state index contributed by atoms with van der Waals surface area (Å²) in [5.41, 5.74) is 8.71. The van der Waals surface area contributed by atoms with E-state index in [-0.39, 0.29) is 5.82 Å². The van der Waals surface area contributed by atoms with Gasteiger partial charge in [-0.1, -0.05) is 12.1 Å². The normalized spacial score (nSPS) is 15.0. The van der Waals surface area contributed by atoms with Gasteiger partial charge in [0.2, 0.25) is 0 Å². The molecule has 9 heteroatoms. The summed E-state index contributed by atoms with van der Waals surface area (Å²) < 4.78 is 45.7. The number of anilines is 2. The van der Waals surface area contributed by atoms with Gasteiger partial charge in [0.25, 0.3) is 0 Å². The highest BCUT2D eigenvalue weighted by molar-refractivity contribution is 5.73. The Morgan fingerprint density at radius 1 is 1.04 bits per heavy atom. The third kappa shape index (κ3) is 5.85. The summed E-state index contributed by atoms with van der Waals surface area (Å²) in [5, 5.41) is 7.12. The van der Waals surface area contributed by atoms with Gasteiger partial charge in [0.15, 0.2) is 0 Å². The number of hydrogen-bond donors (Lipinski definition) is 2. The minimum Gasteiger partial charge on any atom is -0.475 e.